The van der Waals surface area contributed by atoms with Crippen LogP contribution in [0, 0.1) is 3.57 Å². The smallest absolute Gasteiger partial charge is 0.270 e. The van der Waals surface area contributed by atoms with Gasteiger partial charge >= 0.3 is 0 Å². The Hall–Kier alpha value is -2.56. The minimum absolute atomic E-state index is 0.00357. The first-order valence-electron chi connectivity index (χ1n) is 9.95. The molecular weight excluding hydrogens is 615 g/mol. The molecule has 0 unspecified atom stereocenters. The predicted octanol–water partition coefficient (Wildman–Crippen LogP) is 5.48. The van der Waals surface area contributed by atoms with Gasteiger partial charge in [-0.05, 0) is 82.3 Å². The molecule has 0 aromatic heterocycles. The number of benzene rings is 3. The van der Waals surface area contributed by atoms with Crippen molar-refractivity contribution in [3.8, 4) is 5.75 Å². The second-order valence-electron chi connectivity index (χ2n) is 7.25. The second-order valence-corrected chi connectivity index (χ2v) is 9.65. The van der Waals surface area contributed by atoms with Crippen molar-refractivity contribution in [1.29, 1.82) is 0 Å². The van der Waals surface area contributed by atoms with Gasteiger partial charge in [-0.2, -0.15) is 0 Å². The zero-order valence-corrected chi connectivity index (χ0v) is 22.0. The molecule has 2 amide bonds. The summed E-state index contributed by atoms with van der Waals surface area (Å²) >= 11 is 11.1. The molecule has 166 valence electrons. The van der Waals surface area contributed by atoms with Crippen LogP contribution in [-0.2, 0) is 16.0 Å². The lowest BCUT2D eigenvalue weighted by atomic mass is 10.0. The van der Waals surface area contributed by atoms with E-state index in [-0.39, 0.29) is 10.7 Å². The highest BCUT2D eigenvalue weighted by Gasteiger charge is 2.34. The fraction of sp³-hybridized carbons (Fsp3) is 0.0800. The van der Waals surface area contributed by atoms with Crippen molar-refractivity contribution in [3.63, 3.8) is 0 Å². The van der Waals surface area contributed by atoms with Crippen LogP contribution >= 0.6 is 50.7 Å². The molecule has 0 radical (unpaired) electrons. The number of ether oxygens (including phenoxy) is 1. The monoisotopic (exact) mass is 632 g/mol. The van der Waals surface area contributed by atoms with Gasteiger partial charge in [-0.3, -0.25) is 19.8 Å². The number of hydrogen-bond acceptors (Lipinski definition) is 4. The average molecular weight is 633 g/mol. The van der Waals surface area contributed by atoms with E-state index in [1.807, 2.05) is 48.5 Å². The highest BCUT2D eigenvalue weighted by molar-refractivity contribution is 14.1. The van der Waals surface area contributed by atoms with Crippen molar-refractivity contribution < 1.29 is 14.3 Å². The summed E-state index contributed by atoms with van der Waals surface area (Å²) in [5.74, 6) is -0.312. The summed E-state index contributed by atoms with van der Waals surface area (Å²) in [4.78, 5) is 27.2. The van der Waals surface area contributed by atoms with Gasteiger partial charge in [-0.25, -0.2) is 0 Å². The number of anilines is 1. The van der Waals surface area contributed by atoms with Crippen LogP contribution in [0.1, 0.15) is 16.7 Å². The predicted molar refractivity (Wildman–Crippen MR) is 145 cm³/mol. The molecule has 4 rings (SSSR count). The number of carbonyl (C=O) groups is 2. The van der Waals surface area contributed by atoms with Gasteiger partial charge in [-0.15, -0.1) is 0 Å². The van der Waals surface area contributed by atoms with Gasteiger partial charge < -0.3 is 4.74 Å². The molecule has 1 fully saturated rings. The fourth-order valence-electron chi connectivity index (χ4n) is 3.54. The maximum atomic E-state index is 13.2. The normalized spacial score (nSPS) is 15.1. The molecule has 1 saturated heterocycles. The topological polar surface area (TPSA) is 58.6 Å². The highest BCUT2D eigenvalue weighted by atomic mass is 127. The lowest BCUT2D eigenvalue weighted by Crippen LogP contribution is -2.54. The van der Waals surface area contributed by atoms with Crippen molar-refractivity contribution in [2.24, 2.45) is 0 Å². The first-order valence-corrected chi connectivity index (χ1v) is 12.2. The first kappa shape index (κ1) is 23.6. The van der Waals surface area contributed by atoms with Crippen LogP contribution in [0.3, 0.4) is 0 Å². The van der Waals surface area contributed by atoms with E-state index in [1.54, 1.807) is 25.3 Å². The number of para-hydroxylation sites is 1. The van der Waals surface area contributed by atoms with Crippen LogP contribution < -0.4 is 15.0 Å². The molecule has 0 saturated carbocycles. The van der Waals surface area contributed by atoms with E-state index in [2.05, 4.69) is 49.9 Å². The molecule has 8 heteroatoms. The molecule has 1 aliphatic rings. The fourth-order valence-corrected chi connectivity index (χ4v) is 5.06. The Morgan fingerprint density at radius 2 is 1.79 bits per heavy atom. The summed E-state index contributed by atoms with van der Waals surface area (Å²) in [6.07, 6.45) is 2.25. The minimum Gasteiger partial charge on any atom is -0.496 e. The van der Waals surface area contributed by atoms with E-state index in [0.717, 1.165) is 19.2 Å². The molecule has 0 spiro atoms. The molecule has 0 atom stereocenters. The maximum Gasteiger partial charge on any atom is 0.270 e. The number of thiocarbonyl (C=S) groups is 1. The molecule has 33 heavy (non-hydrogen) atoms. The average Bonchev–Trinajstić information content (AvgIpc) is 2.80. The third kappa shape index (κ3) is 5.02. The summed E-state index contributed by atoms with van der Waals surface area (Å²) in [7, 11) is 1.61. The Morgan fingerprint density at radius 3 is 2.48 bits per heavy atom. The molecule has 1 heterocycles. The first-order chi connectivity index (χ1) is 15.9. The van der Waals surface area contributed by atoms with Crippen LogP contribution in [0.15, 0.2) is 76.8 Å². The zero-order valence-electron chi connectivity index (χ0n) is 17.5. The molecule has 3 aromatic carbocycles. The van der Waals surface area contributed by atoms with Crippen LogP contribution in [0.5, 0.6) is 5.75 Å². The largest absolute Gasteiger partial charge is 0.496 e. The molecule has 0 aliphatic carbocycles. The van der Waals surface area contributed by atoms with Crippen molar-refractivity contribution in [1.82, 2.24) is 5.32 Å². The third-order valence-electron chi connectivity index (χ3n) is 5.15. The third-order valence-corrected chi connectivity index (χ3v) is 7.17. The summed E-state index contributed by atoms with van der Waals surface area (Å²) in [5, 5.41) is 2.67. The lowest BCUT2D eigenvalue weighted by molar-refractivity contribution is -0.122. The minimum atomic E-state index is -0.525. The van der Waals surface area contributed by atoms with Crippen LogP contribution in [0.4, 0.5) is 5.69 Å². The Balaban J connectivity index is 1.71. The molecule has 1 N–H and O–H groups in total. The molecule has 1 aliphatic heterocycles. The molecule has 3 aromatic rings. The second kappa shape index (κ2) is 10.1. The number of nitrogens with one attached hydrogen (secondary N) is 1. The van der Waals surface area contributed by atoms with Crippen molar-refractivity contribution in [2.75, 3.05) is 12.0 Å². The molecule has 0 bridgehead atoms. The van der Waals surface area contributed by atoms with Gasteiger partial charge in [0.25, 0.3) is 11.8 Å². The number of amides is 2. The quantitative estimate of drug-likeness (QED) is 0.175. The number of hydrogen-bond donors (Lipinski definition) is 1. The number of carbonyl (C=O) groups excluding carboxylic acids is 2. The Kier molecular flexibility index (Phi) is 7.26. The van der Waals surface area contributed by atoms with Crippen molar-refractivity contribution >= 4 is 79.4 Å². The van der Waals surface area contributed by atoms with Gasteiger partial charge in [0.15, 0.2) is 5.11 Å². The number of halogens is 2. The van der Waals surface area contributed by atoms with Gasteiger partial charge in [0.2, 0.25) is 0 Å². The van der Waals surface area contributed by atoms with Crippen molar-refractivity contribution in [3.05, 3.63) is 97.0 Å². The molecular formula is C25H18BrIN2O3S. The van der Waals surface area contributed by atoms with E-state index in [9.17, 15) is 9.59 Å². The van der Waals surface area contributed by atoms with Gasteiger partial charge in [0.1, 0.15) is 11.3 Å². The van der Waals surface area contributed by atoms with Gasteiger partial charge in [0, 0.05) is 20.0 Å². The Labute approximate surface area is 219 Å². The van der Waals surface area contributed by atoms with E-state index in [0.29, 0.717) is 23.4 Å². The van der Waals surface area contributed by atoms with Gasteiger partial charge in [-0.1, -0.05) is 52.3 Å². The summed E-state index contributed by atoms with van der Waals surface area (Å²) < 4.78 is 7.65. The number of methoxy groups -OCH3 is 1. The van der Waals surface area contributed by atoms with E-state index < -0.39 is 11.8 Å². The van der Waals surface area contributed by atoms with E-state index in [1.165, 1.54) is 4.90 Å². The highest BCUT2D eigenvalue weighted by Crippen LogP contribution is 2.32. The van der Waals surface area contributed by atoms with Crippen LogP contribution in [0.25, 0.3) is 6.08 Å². The van der Waals surface area contributed by atoms with Crippen LogP contribution in [-0.4, -0.2) is 24.0 Å². The maximum absolute atomic E-state index is 13.2. The Morgan fingerprint density at radius 1 is 1.09 bits per heavy atom. The van der Waals surface area contributed by atoms with Crippen LogP contribution in [0.2, 0.25) is 0 Å². The summed E-state index contributed by atoms with van der Waals surface area (Å²) in [6.45, 7) is 0. The Bertz CT molecular complexity index is 1290. The van der Waals surface area contributed by atoms with E-state index in [4.69, 9.17) is 17.0 Å². The SMILES string of the molecule is COc1cc(/C=C2/C(=O)NC(=S)N(c3ccccc3)C2=O)cc(I)c1Cc1ccccc1Br. The summed E-state index contributed by atoms with van der Waals surface area (Å²) in [6, 6.07) is 20.8. The molecule has 5 nitrogen and oxygen atoms in total. The van der Waals surface area contributed by atoms with E-state index >= 15 is 0 Å². The number of rotatable bonds is 5. The zero-order chi connectivity index (χ0) is 23.5. The van der Waals surface area contributed by atoms with Crippen molar-refractivity contribution in [2.45, 2.75) is 6.42 Å². The summed E-state index contributed by atoms with van der Waals surface area (Å²) in [5.41, 5.74) is 3.44. The number of nitrogens with zero attached hydrogens (tertiary/aromatic N) is 1. The van der Waals surface area contributed by atoms with Gasteiger partial charge in [0.05, 0.1) is 12.8 Å². The standard InChI is InChI=1S/C25H18BrIN2O3S/c1-32-22-13-15(12-21(27)18(22)14-16-7-5-6-10-20(16)26)11-19-23(30)28-25(33)29(24(19)31)17-8-3-2-4-9-17/h2-13H,14H2,1H3,(H,28,30,33)/b19-11-. The lowest BCUT2D eigenvalue weighted by Gasteiger charge is -2.28.